The van der Waals surface area contributed by atoms with E-state index < -0.39 is 0 Å². The minimum absolute atomic E-state index is 0. The fraction of sp³-hybridized carbons (Fsp3) is 0.933. The number of carbonyl (C=O) groups is 1. The molecule has 1 saturated heterocycles. The number of rotatable bonds is 5. The van der Waals surface area contributed by atoms with Gasteiger partial charge in [0.25, 0.3) is 0 Å². The fourth-order valence-electron chi connectivity index (χ4n) is 2.22. The molecule has 0 radical (unpaired) electrons. The Morgan fingerprint density at radius 1 is 1.14 bits per heavy atom. The Hall–Kier alpha value is -0.0300. The average molecular weight is 342 g/mol. The van der Waals surface area contributed by atoms with E-state index in [2.05, 4.69) is 25.7 Å². The van der Waals surface area contributed by atoms with E-state index in [4.69, 9.17) is 5.73 Å². The zero-order chi connectivity index (χ0) is 14.5. The SMILES string of the molecule is CC(N)CCC(=O)N1CCN(CCC(C)(C)C)CC1.Cl.Cl. The Bertz CT molecular complexity index is 285. The van der Waals surface area contributed by atoms with Gasteiger partial charge in [-0.25, -0.2) is 0 Å². The summed E-state index contributed by atoms with van der Waals surface area (Å²) in [6, 6.07) is 0.122. The quantitative estimate of drug-likeness (QED) is 0.835. The lowest BCUT2D eigenvalue weighted by atomic mass is 9.92. The van der Waals surface area contributed by atoms with Crippen LogP contribution in [0.15, 0.2) is 0 Å². The Balaban J connectivity index is 0. The number of hydrogen-bond donors (Lipinski definition) is 1. The van der Waals surface area contributed by atoms with E-state index in [0.29, 0.717) is 11.8 Å². The van der Waals surface area contributed by atoms with E-state index in [-0.39, 0.29) is 36.8 Å². The van der Waals surface area contributed by atoms with Crippen molar-refractivity contribution in [3.63, 3.8) is 0 Å². The molecule has 21 heavy (non-hydrogen) atoms. The van der Waals surface area contributed by atoms with Crippen LogP contribution in [-0.4, -0.2) is 54.5 Å². The van der Waals surface area contributed by atoms with E-state index in [1.165, 1.54) is 6.42 Å². The lowest BCUT2D eigenvalue weighted by Crippen LogP contribution is -2.49. The van der Waals surface area contributed by atoms with Gasteiger partial charge < -0.3 is 10.6 Å². The van der Waals surface area contributed by atoms with Crippen LogP contribution in [0.5, 0.6) is 0 Å². The molecule has 0 aromatic rings. The molecule has 0 saturated carbocycles. The van der Waals surface area contributed by atoms with Crippen molar-refractivity contribution in [2.45, 2.75) is 53.0 Å². The normalized spacial score (nSPS) is 17.7. The molecule has 1 rings (SSSR count). The highest BCUT2D eigenvalue weighted by Gasteiger charge is 2.22. The van der Waals surface area contributed by atoms with E-state index in [1.54, 1.807) is 0 Å². The summed E-state index contributed by atoms with van der Waals surface area (Å²) in [6.45, 7) is 13.7. The molecule has 1 aliphatic heterocycles. The summed E-state index contributed by atoms with van der Waals surface area (Å²) in [6.07, 6.45) is 2.61. The van der Waals surface area contributed by atoms with Crippen LogP contribution in [0.25, 0.3) is 0 Å². The average Bonchev–Trinajstić information content (AvgIpc) is 2.33. The number of piperazine rings is 1. The van der Waals surface area contributed by atoms with Gasteiger partial charge in [0.05, 0.1) is 0 Å². The number of hydrogen-bond acceptors (Lipinski definition) is 3. The van der Waals surface area contributed by atoms with Crippen molar-refractivity contribution < 1.29 is 4.79 Å². The first-order valence-corrected chi connectivity index (χ1v) is 7.53. The standard InChI is InChI=1S/C15H31N3O.2ClH/c1-13(16)5-6-14(19)18-11-9-17(10-12-18)8-7-15(2,3)4;;/h13H,5-12,16H2,1-4H3;2*1H. The van der Waals surface area contributed by atoms with Crippen LogP contribution < -0.4 is 5.73 Å². The monoisotopic (exact) mass is 341 g/mol. The zero-order valence-electron chi connectivity index (χ0n) is 13.9. The molecule has 1 aliphatic rings. The lowest BCUT2D eigenvalue weighted by Gasteiger charge is -2.36. The highest BCUT2D eigenvalue weighted by Crippen LogP contribution is 2.19. The first kappa shape index (κ1) is 23.2. The second kappa shape index (κ2) is 10.7. The van der Waals surface area contributed by atoms with Crippen molar-refractivity contribution in [1.82, 2.24) is 9.80 Å². The molecule has 6 heteroatoms. The molecule has 1 heterocycles. The summed E-state index contributed by atoms with van der Waals surface area (Å²) in [5.74, 6) is 0.271. The summed E-state index contributed by atoms with van der Waals surface area (Å²) >= 11 is 0. The molecule has 2 N–H and O–H groups in total. The summed E-state index contributed by atoms with van der Waals surface area (Å²) in [7, 11) is 0. The predicted octanol–water partition coefficient (Wildman–Crippen LogP) is 2.54. The Labute approximate surface area is 142 Å². The Morgan fingerprint density at radius 3 is 2.10 bits per heavy atom. The third kappa shape index (κ3) is 10.3. The smallest absolute Gasteiger partial charge is 0.222 e. The van der Waals surface area contributed by atoms with Gasteiger partial charge in [0, 0.05) is 38.6 Å². The third-order valence-corrected chi connectivity index (χ3v) is 3.72. The largest absolute Gasteiger partial charge is 0.340 e. The molecule has 1 unspecified atom stereocenters. The third-order valence-electron chi connectivity index (χ3n) is 3.72. The van der Waals surface area contributed by atoms with Gasteiger partial charge in [-0.05, 0) is 31.7 Å². The highest BCUT2D eigenvalue weighted by molar-refractivity contribution is 5.85. The van der Waals surface area contributed by atoms with Crippen LogP contribution in [0, 0.1) is 5.41 Å². The number of nitrogens with two attached hydrogens (primary N) is 1. The molecule has 0 spiro atoms. The van der Waals surface area contributed by atoms with Gasteiger partial charge in [0.1, 0.15) is 0 Å². The second-order valence-corrected chi connectivity index (χ2v) is 7.05. The maximum absolute atomic E-state index is 12.0. The van der Waals surface area contributed by atoms with Crippen LogP contribution in [0.2, 0.25) is 0 Å². The van der Waals surface area contributed by atoms with Crippen molar-refractivity contribution in [2.24, 2.45) is 11.1 Å². The topological polar surface area (TPSA) is 49.6 Å². The van der Waals surface area contributed by atoms with Crippen LogP contribution in [0.3, 0.4) is 0 Å². The van der Waals surface area contributed by atoms with Crippen LogP contribution in [0.1, 0.15) is 47.0 Å². The van der Waals surface area contributed by atoms with E-state index in [9.17, 15) is 4.79 Å². The van der Waals surface area contributed by atoms with E-state index in [1.807, 2.05) is 11.8 Å². The number of amides is 1. The highest BCUT2D eigenvalue weighted by atomic mass is 35.5. The Kier molecular flexibility index (Phi) is 11.8. The van der Waals surface area contributed by atoms with Crippen molar-refractivity contribution >= 4 is 30.7 Å². The van der Waals surface area contributed by atoms with Crippen molar-refractivity contribution in [3.8, 4) is 0 Å². The number of nitrogens with zero attached hydrogens (tertiary/aromatic N) is 2. The van der Waals surface area contributed by atoms with Crippen molar-refractivity contribution in [3.05, 3.63) is 0 Å². The second-order valence-electron chi connectivity index (χ2n) is 7.05. The van der Waals surface area contributed by atoms with Crippen LogP contribution in [-0.2, 0) is 4.79 Å². The molecule has 0 aromatic carbocycles. The molecule has 0 aliphatic carbocycles. The molecule has 128 valence electrons. The molecular weight excluding hydrogens is 309 g/mol. The predicted molar refractivity (Wildman–Crippen MR) is 94.5 cm³/mol. The number of halogens is 2. The van der Waals surface area contributed by atoms with Gasteiger partial charge in [0.15, 0.2) is 0 Å². The van der Waals surface area contributed by atoms with Gasteiger partial charge in [-0.15, -0.1) is 24.8 Å². The molecule has 1 atom stereocenters. The molecular formula is C15H33Cl2N3O. The van der Waals surface area contributed by atoms with Crippen molar-refractivity contribution in [2.75, 3.05) is 32.7 Å². The Morgan fingerprint density at radius 2 is 1.67 bits per heavy atom. The van der Waals surface area contributed by atoms with Crippen LogP contribution in [0.4, 0.5) is 0 Å². The first-order chi connectivity index (χ1) is 8.78. The lowest BCUT2D eigenvalue weighted by molar-refractivity contribution is -0.133. The van der Waals surface area contributed by atoms with Gasteiger partial charge >= 0.3 is 0 Å². The maximum atomic E-state index is 12.0. The maximum Gasteiger partial charge on any atom is 0.222 e. The summed E-state index contributed by atoms with van der Waals surface area (Å²) < 4.78 is 0. The number of carbonyl (C=O) groups excluding carboxylic acids is 1. The van der Waals surface area contributed by atoms with Gasteiger partial charge in [0.2, 0.25) is 5.91 Å². The van der Waals surface area contributed by atoms with E-state index >= 15 is 0 Å². The summed E-state index contributed by atoms with van der Waals surface area (Å²) in [5, 5.41) is 0. The zero-order valence-corrected chi connectivity index (χ0v) is 15.6. The molecule has 0 bridgehead atoms. The fourth-order valence-corrected chi connectivity index (χ4v) is 2.22. The molecule has 4 nitrogen and oxygen atoms in total. The molecule has 1 amide bonds. The van der Waals surface area contributed by atoms with Crippen molar-refractivity contribution in [1.29, 1.82) is 0 Å². The van der Waals surface area contributed by atoms with Gasteiger partial charge in [-0.3, -0.25) is 9.69 Å². The molecule has 1 fully saturated rings. The van der Waals surface area contributed by atoms with E-state index in [0.717, 1.165) is 39.1 Å². The summed E-state index contributed by atoms with van der Waals surface area (Å²) in [4.78, 5) is 16.4. The minimum atomic E-state index is 0. The minimum Gasteiger partial charge on any atom is -0.340 e. The van der Waals surface area contributed by atoms with Gasteiger partial charge in [-0.2, -0.15) is 0 Å². The molecule has 0 aromatic heterocycles. The van der Waals surface area contributed by atoms with Gasteiger partial charge in [-0.1, -0.05) is 20.8 Å². The van der Waals surface area contributed by atoms with Crippen LogP contribution >= 0.6 is 24.8 Å². The first-order valence-electron chi connectivity index (χ1n) is 7.53. The summed E-state index contributed by atoms with van der Waals surface area (Å²) in [5.41, 5.74) is 6.09.